The van der Waals surface area contributed by atoms with Crippen LogP contribution >= 0.6 is 15.9 Å². The highest BCUT2D eigenvalue weighted by atomic mass is 79.9. The molecule has 13 heavy (non-hydrogen) atoms. The van der Waals surface area contributed by atoms with E-state index in [0.29, 0.717) is 12.0 Å². The summed E-state index contributed by atoms with van der Waals surface area (Å²) >= 11 is 3.17. The van der Waals surface area contributed by atoms with E-state index in [9.17, 15) is 4.39 Å². The SMILES string of the molecule is C[C@H](C#N)Cc1ccc(Br)cc1F. The maximum Gasteiger partial charge on any atom is 0.127 e. The monoisotopic (exact) mass is 241 g/mol. The Morgan fingerprint density at radius 2 is 2.31 bits per heavy atom. The zero-order valence-corrected chi connectivity index (χ0v) is 8.81. The Labute approximate surface area is 85.3 Å². The molecule has 0 saturated carbocycles. The lowest BCUT2D eigenvalue weighted by Crippen LogP contribution is -1.98. The van der Waals surface area contributed by atoms with Crippen LogP contribution in [-0.4, -0.2) is 0 Å². The molecule has 0 bridgehead atoms. The van der Waals surface area contributed by atoms with Crippen molar-refractivity contribution in [1.29, 1.82) is 5.26 Å². The van der Waals surface area contributed by atoms with Crippen molar-refractivity contribution in [2.75, 3.05) is 0 Å². The van der Waals surface area contributed by atoms with Gasteiger partial charge in [-0.05, 0) is 31.0 Å². The Balaban J connectivity index is 2.85. The molecule has 1 atom stereocenters. The topological polar surface area (TPSA) is 23.8 Å². The van der Waals surface area contributed by atoms with Crippen molar-refractivity contribution in [2.45, 2.75) is 13.3 Å². The van der Waals surface area contributed by atoms with Crippen molar-refractivity contribution in [1.82, 2.24) is 0 Å². The molecular formula is C10H9BrFN. The summed E-state index contributed by atoms with van der Waals surface area (Å²) in [6.07, 6.45) is 0.468. The van der Waals surface area contributed by atoms with E-state index in [1.54, 1.807) is 19.1 Å². The number of nitrogens with zero attached hydrogens (tertiary/aromatic N) is 1. The summed E-state index contributed by atoms with van der Waals surface area (Å²) in [6, 6.07) is 6.97. The third-order valence-electron chi connectivity index (χ3n) is 1.76. The van der Waals surface area contributed by atoms with Gasteiger partial charge in [0.1, 0.15) is 5.82 Å². The molecule has 0 heterocycles. The molecule has 0 fully saturated rings. The van der Waals surface area contributed by atoms with Crippen LogP contribution in [0.1, 0.15) is 12.5 Å². The van der Waals surface area contributed by atoms with Gasteiger partial charge in [0, 0.05) is 10.4 Å². The lowest BCUT2D eigenvalue weighted by molar-refractivity contribution is 0.593. The third kappa shape index (κ3) is 2.82. The van der Waals surface area contributed by atoms with Gasteiger partial charge in [-0.1, -0.05) is 22.0 Å². The van der Waals surface area contributed by atoms with Crippen LogP contribution in [0.15, 0.2) is 22.7 Å². The van der Waals surface area contributed by atoms with Crippen LogP contribution in [-0.2, 0) is 6.42 Å². The van der Waals surface area contributed by atoms with E-state index in [4.69, 9.17) is 5.26 Å². The van der Waals surface area contributed by atoms with Crippen LogP contribution in [0.25, 0.3) is 0 Å². The Kier molecular flexibility index (Phi) is 3.44. The second-order valence-electron chi connectivity index (χ2n) is 2.97. The lowest BCUT2D eigenvalue weighted by Gasteiger charge is -2.04. The van der Waals surface area contributed by atoms with Gasteiger partial charge >= 0.3 is 0 Å². The van der Waals surface area contributed by atoms with E-state index in [1.807, 2.05) is 0 Å². The smallest absolute Gasteiger partial charge is 0.127 e. The van der Waals surface area contributed by atoms with Crippen LogP contribution in [0.5, 0.6) is 0 Å². The van der Waals surface area contributed by atoms with Crippen LogP contribution in [0, 0.1) is 23.1 Å². The summed E-state index contributed by atoms with van der Waals surface area (Å²) in [5, 5.41) is 8.56. The molecule has 1 rings (SSSR count). The fourth-order valence-electron chi connectivity index (χ4n) is 1.06. The maximum absolute atomic E-state index is 13.2. The number of halogens is 2. The predicted molar refractivity (Wildman–Crippen MR) is 52.6 cm³/mol. The van der Waals surface area contributed by atoms with Gasteiger partial charge in [0.05, 0.1) is 6.07 Å². The number of hydrogen-bond donors (Lipinski definition) is 0. The number of nitriles is 1. The van der Waals surface area contributed by atoms with Gasteiger partial charge in [0.2, 0.25) is 0 Å². The molecule has 0 N–H and O–H groups in total. The van der Waals surface area contributed by atoms with Crippen molar-refractivity contribution >= 4 is 15.9 Å². The van der Waals surface area contributed by atoms with Crippen LogP contribution in [0.4, 0.5) is 4.39 Å². The summed E-state index contributed by atoms with van der Waals surface area (Å²) in [5.74, 6) is -0.396. The second-order valence-corrected chi connectivity index (χ2v) is 3.89. The first-order valence-electron chi connectivity index (χ1n) is 3.97. The predicted octanol–water partition coefficient (Wildman–Crippen LogP) is 3.29. The van der Waals surface area contributed by atoms with Crippen LogP contribution in [0.3, 0.4) is 0 Å². The fourth-order valence-corrected chi connectivity index (χ4v) is 1.40. The van der Waals surface area contributed by atoms with Crippen molar-refractivity contribution in [3.63, 3.8) is 0 Å². The van der Waals surface area contributed by atoms with Crippen molar-refractivity contribution in [2.24, 2.45) is 5.92 Å². The first kappa shape index (κ1) is 10.2. The third-order valence-corrected chi connectivity index (χ3v) is 2.25. The van der Waals surface area contributed by atoms with Crippen molar-refractivity contribution < 1.29 is 4.39 Å². The molecule has 3 heteroatoms. The first-order chi connectivity index (χ1) is 6.13. The van der Waals surface area contributed by atoms with E-state index in [1.165, 1.54) is 6.07 Å². The molecule has 0 aliphatic rings. The average Bonchev–Trinajstić information content (AvgIpc) is 2.09. The molecule has 0 radical (unpaired) electrons. The molecule has 1 aromatic rings. The molecule has 0 saturated heterocycles. The zero-order chi connectivity index (χ0) is 9.84. The molecule has 0 aliphatic carbocycles. The summed E-state index contributed by atoms with van der Waals surface area (Å²) < 4.78 is 13.9. The average molecular weight is 242 g/mol. The van der Waals surface area contributed by atoms with E-state index in [-0.39, 0.29) is 11.7 Å². The highest BCUT2D eigenvalue weighted by Gasteiger charge is 2.06. The standard InChI is InChI=1S/C10H9BrFN/c1-7(6-13)4-8-2-3-9(11)5-10(8)12/h2-3,5,7H,4H2,1H3/t7-/m0/s1. The molecule has 0 aliphatic heterocycles. The maximum atomic E-state index is 13.2. The number of benzene rings is 1. The van der Waals surface area contributed by atoms with Gasteiger partial charge in [-0.15, -0.1) is 0 Å². The van der Waals surface area contributed by atoms with Crippen molar-refractivity contribution in [3.05, 3.63) is 34.1 Å². The number of hydrogen-bond acceptors (Lipinski definition) is 1. The van der Waals surface area contributed by atoms with E-state index < -0.39 is 0 Å². The highest BCUT2D eigenvalue weighted by molar-refractivity contribution is 9.10. The Morgan fingerprint density at radius 1 is 1.62 bits per heavy atom. The quantitative estimate of drug-likeness (QED) is 0.780. The van der Waals surface area contributed by atoms with Crippen LogP contribution < -0.4 is 0 Å². The summed E-state index contributed by atoms with van der Waals surface area (Å²) in [5.41, 5.74) is 0.595. The molecule has 68 valence electrons. The molecule has 0 aromatic heterocycles. The second kappa shape index (κ2) is 4.38. The lowest BCUT2D eigenvalue weighted by atomic mass is 10.0. The minimum absolute atomic E-state index is 0.143. The Bertz CT molecular complexity index is 343. The molecule has 1 nitrogen and oxygen atoms in total. The number of rotatable bonds is 2. The van der Waals surface area contributed by atoms with Gasteiger partial charge in [-0.25, -0.2) is 4.39 Å². The van der Waals surface area contributed by atoms with Gasteiger partial charge in [-0.2, -0.15) is 5.26 Å². The molecule has 0 amide bonds. The fraction of sp³-hybridized carbons (Fsp3) is 0.300. The van der Waals surface area contributed by atoms with Crippen molar-refractivity contribution in [3.8, 4) is 6.07 Å². The first-order valence-corrected chi connectivity index (χ1v) is 4.76. The molecular weight excluding hydrogens is 233 g/mol. The molecule has 0 spiro atoms. The molecule has 1 aromatic carbocycles. The largest absolute Gasteiger partial charge is 0.207 e. The summed E-state index contributed by atoms with van der Waals surface area (Å²) in [4.78, 5) is 0. The zero-order valence-electron chi connectivity index (χ0n) is 7.22. The molecule has 0 unspecified atom stereocenters. The summed E-state index contributed by atoms with van der Waals surface area (Å²) in [6.45, 7) is 1.78. The Hall–Kier alpha value is -0.880. The van der Waals surface area contributed by atoms with E-state index in [0.717, 1.165) is 4.47 Å². The van der Waals surface area contributed by atoms with Crippen LogP contribution in [0.2, 0.25) is 0 Å². The van der Waals surface area contributed by atoms with Gasteiger partial charge in [0.15, 0.2) is 0 Å². The minimum Gasteiger partial charge on any atom is -0.207 e. The minimum atomic E-state index is -0.253. The normalized spacial score (nSPS) is 12.2. The summed E-state index contributed by atoms with van der Waals surface area (Å²) in [7, 11) is 0. The van der Waals surface area contributed by atoms with E-state index in [2.05, 4.69) is 22.0 Å². The Morgan fingerprint density at radius 3 is 2.85 bits per heavy atom. The highest BCUT2D eigenvalue weighted by Crippen LogP contribution is 2.17. The van der Waals surface area contributed by atoms with E-state index >= 15 is 0 Å². The van der Waals surface area contributed by atoms with Gasteiger partial charge < -0.3 is 0 Å². The van der Waals surface area contributed by atoms with Gasteiger partial charge in [0.25, 0.3) is 0 Å². The van der Waals surface area contributed by atoms with Gasteiger partial charge in [-0.3, -0.25) is 0 Å².